The molecule has 0 radical (unpaired) electrons. The monoisotopic (exact) mass is 314 g/mol. The first-order chi connectivity index (χ1) is 11.0. The smallest absolute Gasteiger partial charge is 0.270 e. The third-order valence-electron chi connectivity index (χ3n) is 3.05. The molecule has 1 amide bonds. The standard InChI is InChI=1S/C15H14N4O4/c1-23-13-6-3-11(4-7-13)17-9-10-2-5-12(19(21)22)8-14(10)15(20)18-16/h2-9H,16H2,1H3,(H,18,20). The minimum atomic E-state index is -0.634. The summed E-state index contributed by atoms with van der Waals surface area (Å²) >= 11 is 0. The van der Waals surface area contributed by atoms with Crippen molar-refractivity contribution in [3.05, 3.63) is 63.7 Å². The predicted molar refractivity (Wildman–Crippen MR) is 85.0 cm³/mol. The van der Waals surface area contributed by atoms with Gasteiger partial charge in [-0.3, -0.25) is 25.3 Å². The van der Waals surface area contributed by atoms with Gasteiger partial charge in [0.25, 0.3) is 11.6 Å². The molecule has 0 fully saturated rings. The molecule has 0 saturated carbocycles. The summed E-state index contributed by atoms with van der Waals surface area (Å²) in [7, 11) is 1.56. The summed E-state index contributed by atoms with van der Waals surface area (Å²) in [6, 6.07) is 10.9. The summed E-state index contributed by atoms with van der Waals surface area (Å²) in [6.45, 7) is 0. The molecule has 0 aliphatic rings. The van der Waals surface area contributed by atoms with Gasteiger partial charge in [0.1, 0.15) is 5.75 Å². The fourth-order valence-corrected chi connectivity index (χ4v) is 1.86. The van der Waals surface area contributed by atoms with Crippen LogP contribution in [0.2, 0.25) is 0 Å². The number of nitrogens with one attached hydrogen (secondary N) is 1. The van der Waals surface area contributed by atoms with Gasteiger partial charge in [0, 0.05) is 23.9 Å². The molecule has 0 aliphatic carbocycles. The zero-order chi connectivity index (χ0) is 16.8. The van der Waals surface area contributed by atoms with Gasteiger partial charge in [-0.2, -0.15) is 0 Å². The Bertz CT molecular complexity index is 757. The Morgan fingerprint density at radius 1 is 1.30 bits per heavy atom. The number of benzene rings is 2. The van der Waals surface area contributed by atoms with E-state index >= 15 is 0 Å². The van der Waals surface area contributed by atoms with Gasteiger partial charge in [-0.05, 0) is 30.3 Å². The molecule has 3 N–H and O–H groups in total. The second-order valence-electron chi connectivity index (χ2n) is 4.46. The fraction of sp³-hybridized carbons (Fsp3) is 0.0667. The first-order valence-electron chi connectivity index (χ1n) is 6.52. The number of nitrogen functional groups attached to an aromatic ring is 1. The highest BCUT2D eigenvalue weighted by molar-refractivity contribution is 6.03. The van der Waals surface area contributed by atoms with Gasteiger partial charge in [-0.25, -0.2) is 5.84 Å². The van der Waals surface area contributed by atoms with Crippen LogP contribution in [0.4, 0.5) is 11.4 Å². The number of aliphatic imine (C=N–C) groups is 1. The third kappa shape index (κ3) is 3.89. The number of nitrogens with two attached hydrogens (primary N) is 1. The van der Waals surface area contributed by atoms with E-state index in [9.17, 15) is 14.9 Å². The van der Waals surface area contributed by atoms with E-state index in [1.165, 1.54) is 18.3 Å². The van der Waals surface area contributed by atoms with E-state index in [0.717, 1.165) is 6.07 Å². The van der Waals surface area contributed by atoms with Crippen LogP contribution in [0.1, 0.15) is 15.9 Å². The van der Waals surface area contributed by atoms with E-state index in [0.29, 0.717) is 17.0 Å². The van der Waals surface area contributed by atoms with Crippen LogP contribution in [0.5, 0.6) is 5.75 Å². The number of nitrogens with zero attached hydrogens (tertiary/aromatic N) is 2. The molecule has 2 aromatic carbocycles. The number of ether oxygens (including phenoxy) is 1. The van der Waals surface area contributed by atoms with Gasteiger partial charge in [0.15, 0.2) is 0 Å². The van der Waals surface area contributed by atoms with Crippen molar-refractivity contribution in [3.8, 4) is 5.75 Å². The van der Waals surface area contributed by atoms with Gasteiger partial charge in [0.05, 0.1) is 23.3 Å². The SMILES string of the molecule is COc1ccc(N=Cc2ccc([N+](=O)[O-])cc2C(=O)NN)cc1. The summed E-state index contributed by atoms with van der Waals surface area (Å²) < 4.78 is 5.05. The molecule has 0 saturated heterocycles. The molecule has 2 rings (SSSR count). The largest absolute Gasteiger partial charge is 0.497 e. The number of hydrogen-bond donors (Lipinski definition) is 2. The lowest BCUT2D eigenvalue weighted by Crippen LogP contribution is -2.30. The van der Waals surface area contributed by atoms with Crippen molar-refractivity contribution in [1.82, 2.24) is 5.43 Å². The first-order valence-corrected chi connectivity index (χ1v) is 6.52. The maximum absolute atomic E-state index is 11.8. The van der Waals surface area contributed by atoms with Crippen LogP contribution in [0.3, 0.4) is 0 Å². The highest BCUT2D eigenvalue weighted by Gasteiger charge is 2.15. The van der Waals surface area contributed by atoms with Crippen molar-refractivity contribution in [2.24, 2.45) is 10.8 Å². The number of rotatable bonds is 5. The second kappa shape index (κ2) is 7.14. The highest BCUT2D eigenvalue weighted by atomic mass is 16.6. The van der Waals surface area contributed by atoms with Crippen molar-refractivity contribution < 1.29 is 14.5 Å². The van der Waals surface area contributed by atoms with Crippen molar-refractivity contribution >= 4 is 23.5 Å². The lowest BCUT2D eigenvalue weighted by molar-refractivity contribution is -0.384. The van der Waals surface area contributed by atoms with Gasteiger partial charge in [-0.15, -0.1) is 0 Å². The average Bonchev–Trinajstić information content (AvgIpc) is 2.59. The minimum absolute atomic E-state index is 0.0685. The molecule has 8 nitrogen and oxygen atoms in total. The molecular formula is C15H14N4O4. The number of amides is 1. The second-order valence-corrected chi connectivity index (χ2v) is 4.46. The fourth-order valence-electron chi connectivity index (χ4n) is 1.86. The molecule has 0 spiro atoms. The third-order valence-corrected chi connectivity index (χ3v) is 3.05. The van der Waals surface area contributed by atoms with Crippen LogP contribution < -0.4 is 16.0 Å². The van der Waals surface area contributed by atoms with E-state index in [-0.39, 0.29) is 11.3 Å². The summed E-state index contributed by atoms with van der Waals surface area (Å²) in [5.41, 5.74) is 2.88. The molecule has 118 valence electrons. The maximum Gasteiger partial charge on any atom is 0.270 e. The first kappa shape index (κ1) is 16.1. The molecule has 0 atom stereocenters. The van der Waals surface area contributed by atoms with Crippen LogP contribution in [0.15, 0.2) is 47.5 Å². The van der Waals surface area contributed by atoms with Crippen molar-refractivity contribution in [1.29, 1.82) is 0 Å². The minimum Gasteiger partial charge on any atom is -0.497 e. The average molecular weight is 314 g/mol. The Balaban J connectivity index is 2.35. The van der Waals surface area contributed by atoms with Crippen LogP contribution in [-0.2, 0) is 0 Å². The van der Waals surface area contributed by atoms with E-state index in [1.54, 1.807) is 31.4 Å². The number of hydrazine groups is 1. The Kier molecular flexibility index (Phi) is 5.00. The topological polar surface area (TPSA) is 120 Å². The molecule has 0 aliphatic heterocycles. The normalized spacial score (nSPS) is 10.5. The van der Waals surface area contributed by atoms with E-state index in [2.05, 4.69) is 4.99 Å². The van der Waals surface area contributed by atoms with Gasteiger partial charge in [0.2, 0.25) is 0 Å². The maximum atomic E-state index is 11.8. The number of nitro benzene ring substituents is 1. The van der Waals surface area contributed by atoms with Crippen LogP contribution >= 0.6 is 0 Å². The Hall–Kier alpha value is -3.26. The molecule has 0 heterocycles. The summed E-state index contributed by atoms with van der Waals surface area (Å²) in [5, 5.41) is 10.8. The number of nitro groups is 1. The quantitative estimate of drug-likeness (QED) is 0.287. The van der Waals surface area contributed by atoms with Gasteiger partial charge < -0.3 is 4.74 Å². The van der Waals surface area contributed by atoms with Crippen LogP contribution in [0, 0.1) is 10.1 Å². The zero-order valence-corrected chi connectivity index (χ0v) is 12.2. The number of carbonyl (C=O) groups is 1. The lowest BCUT2D eigenvalue weighted by atomic mass is 10.1. The highest BCUT2D eigenvalue weighted by Crippen LogP contribution is 2.20. The van der Waals surface area contributed by atoms with Crippen molar-refractivity contribution in [3.63, 3.8) is 0 Å². The van der Waals surface area contributed by atoms with E-state index < -0.39 is 10.8 Å². The number of non-ortho nitro benzene ring substituents is 1. The summed E-state index contributed by atoms with van der Waals surface area (Å²) in [4.78, 5) is 26.2. The van der Waals surface area contributed by atoms with E-state index in [1.807, 2.05) is 5.43 Å². The van der Waals surface area contributed by atoms with Crippen LogP contribution in [0.25, 0.3) is 0 Å². The van der Waals surface area contributed by atoms with Crippen molar-refractivity contribution in [2.75, 3.05) is 7.11 Å². The van der Waals surface area contributed by atoms with Crippen molar-refractivity contribution in [2.45, 2.75) is 0 Å². The van der Waals surface area contributed by atoms with Gasteiger partial charge in [-0.1, -0.05) is 0 Å². The number of hydrogen-bond acceptors (Lipinski definition) is 6. The Morgan fingerprint density at radius 2 is 2.00 bits per heavy atom. The molecule has 0 unspecified atom stereocenters. The molecule has 8 heteroatoms. The summed E-state index contributed by atoms with van der Waals surface area (Å²) in [6.07, 6.45) is 1.44. The van der Waals surface area contributed by atoms with Crippen LogP contribution in [-0.4, -0.2) is 24.2 Å². The molecule has 2 aromatic rings. The molecule has 0 aromatic heterocycles. The summed E-state index contributed by atoms with van der Waals surface area (Å²) in [5.74, 6) is 5.17. The zero-order valence-electron chi connectivity index (χ0n) is 12.2. The predicted octanol–water partition coefficient (Wildman–Crippen LogP) is 1.96. The number of methoxy groups -OCH3 is 1. The molecular weight excluding hydrogens is 300 g/mol. The Morgan fingerprint density at radius 3 is 2.57 bits per heavy atom. The van der Waals surface area contributed by atoms with E-state index in [4.69, 9.17) is 10.6 Å². The molecule has 0 bridgehead atoms. The molecule has 23 heavy (non-hydrogen) atoms. The lowest BCUT2D eigenvalue weighted by Gasteiger charge is -2.04. The Labute approximate surface area is 131 Å². The number of carbonyl (C=O) groups excluding carboxylic acids is 1. The van der Waals surface area contributed by atoms with Gasteiger partial charge >= 0.3 is 0 Å².